The molecule has 122 valence electrons. The average molecular weight is 324 g/mol. The number of halogens is 1. The van der Waals surface area contributed by atoms with Gasteiger partial charge in [-0.3, -0.25) is 9.52 Å². The Bertz CT molecular complexity index is 501. The second-order valence-electron chi connectivity index (χ2n) is 5.67. The number of allylic oxidation sites excluding steroid dienone is 2. The highest BCUT2D eigenvalue weighted by Crippen LogP contribution is 2.13. The molecule has 0 aliphatic heterocycles. The van der Waals surface area contributed by atoms with Crippen LogP contribution in [-0.4, -0.2) is 11.8 Å². The summed E-state index contributed by atoms with van der Waals surface area (Å²) in [4.78, 5) is 11.8. The summed E-state index contributed by atoms with van der Waals surface area (Å²) >= 11 is 1.29. The maximum atomic E-state index is 13.0. The molecule has 5 heteroatoms. The molecule has 0 aliphatic rings. The van der Waals surface area contributed by atoms with E-state index < -0.39 is 0 Å². The number of rotatable bonds is 9. The van der Waals surface area contributed by atoms with E-state index in [4.69, 9.17) is 0 Å². The molecule has 0 fully saturated rings. The number of benzene rings is 1. The molecule has 2 N–H and O–H groups in total. The Morgan fingerprint density at radius 3 is 2.86 bits per heavy atom. The van der Waals surface area contributed by atoms with E-state index in [-0.39, 0.29) is 11.7 Å². The van der Waals surface area contributed by atoms with Crippen molar-refractivity contribution in [3.05, 3.63) is 41.7 Å². The van der Waals surface area contributed by atoms with Gasteiger partial charge in [0.1, 0.15) is 5.82 Å². The Morgan fingerprint density at radius 2 is 2.18 bits per heavy atom. The van der Waals surface area contributed by atoms with Crippen LogP contribution in [0, 0.1) is 11.7 Å². The Kier molecular flexibility index (Phi) is 8.67. The van der Waals surface area contributed by atoms with Gasteiger partial charge in [-0.2, -0.15) is 0 Å². The Hall–Kier alpha value is -1.49. The number of carbonyl (C=O) groups excluding carboxylic acids is 1. The number of carbonyl (C=O) groups is 1. The first-order valence-electron chi connectivity index (χ1n) is 7.51. The van der Waals surface area contributed by atoms with Gasteiger partial charge in [0.15, 0.2) is 0 Å². The maximum absolute atomic E-state index is 13.0. The molecule has 0 saturated carbocycles. The van der Waals surface area contributed by atoms with Gasteiger partial charge in [0.25, 0.3) is 0 Å². The molecule has 0 heterocycles. The van der Waals surface area contributed by atoms with Gasteiger partial charge in [-0.25, -0.2) is 4.39 Å². The van der Waals surface area contributed by atoms with Crippen LogP contribution in [0.4, 0.5) is 10.1 Å². The molecule has 0 saturated heterocycles. The molecule has 0 spiro atoms. The highest BCUT2D eigenvalue weighted by Gasteiger charge is 2.08. The van der Waals surface area contributed by atoms with Crippen LogP contribution in [0.15, 0.2) is 35.9 Å². The third kappa shape index (κ3) is 8.72. The Labute approximate surface area is 136 Å². The largest absolute Gasteiger partial charge is 0.374 e. The third-order valence-electron chi connectivity index (χ3n) is 3.10. The SMILES string of the molecule is CC(C)=CCCC(C)CC(=O)NSCNc1cccc(F)c1. The van der Waals surface area contributed by atoms with E-state index >= 15 is 0 Å². The quantitative estimate of drug-likeness (QED) is 0.298. The van der Waals surface area contributed by atoms with Crippen LogP contribution in [0.1, 0.15) is 40.0 Å². The number of hydrogen-bond acceptors (Lipinski definition) is 3. The molecule has 1 amide bonds. The summed E-state index contributed by atoms with van der Waals surface area (Å²) in [6, 6.07) is 6.26. The van der Waals surface area contributed by atoms with E-state index in [9.17, 15) is 9.18 Å². The lowest BCUT2D eigenvalue weighted by atomic mass is 10.0. The first kappa shape index (κ1) is 18.6. The van der Waals surface area contributed by atoms with Crippen molar-refractivity contribution >= 4 is 23.5 Å². The number of nitrogens with one attached hydrogen (secondary N) is 2. The summed E-state index contributed by atoms with van der Waals surface area (Å²) in [5.41, 5.74) is 2.02. The van der Waals surface area contributed by atoms with Gasteiger partial charge in [0.2, 0.25) is 5.91 Å². The topological polar surface area (TPSA) is 41.1 Å². The van der Waals surface area contributed by atoms with E-state index in [0.29, 0.717) is 23.9 Å². The van der Waals surface area contributed by atoms with Crippen LogP contribution in [-0.2, 0) is 4.79 Å². The molecule has 1 aromatic rings. The molecule has 1 rings (SSSR count). The Morgan fingerprint density at radius 1 is 1.41 bits per heavy atom. The molecule has 22 heavy (non-hydrogen) atoms. The summed E-state index contributed by atoms with van der Waals surface area (Å²) in [5, 5.41) is 3.04. The van der Waals surface area contributed by atoms with E-state index in [1.807, 2.05) is 0 Å². The minimum absolute atomic E-state index is 0.0377. The average Bonchev–Trinajstić information content (AvgIpc) is 2.43. The fourth-order valence-electron chi connectivity index (χ4n) is 1.95. The molecule has 0 radical (unpaired) electrons. The van der Waals surface area contributed by atoms with Crippen LogP contribution < -0.4 is 10.0 Å². The minimum Gasteiger partial charge on any atom is -0.374 e. The second kappa shape index (κ2) is 10.3. The van der Waals surface area contributed by atoms with Gasteiger partial charge in [-0.15, -0.1) is 0 Å². The molecule has 0 bridgehead atoms. The zero-order valence-corrected chi connectivity index (χ0v) is 14.3. The van der Waals surface area contributed by atoms with Crippen molar-refractivity contribution in [3.63, 3.8) is 0 Å². The van der Waals surface area contributed by atoms with Crippen molar-refractivity contribution in [1.29, 1.82) is 0 Å². The normalized spacial score (nSPS) is 11.6. The highest BCUT2D eigenvalue weighted by molar-refractivity contribution is 7.98. The standard InChI is InChI=1S/C17H25FN2OS/c1-13(2)6-4-7-14(3)10-17(21)20-22-12-19-16-9-5-8-15(18)11-16/h5-6,8-9,11,14,19H,4,7,10,12H2,1-3H3,(H,20,21). The second-order valence-corrected chi connectivity index (χ2v) is 6.45. The summed E-state index contributed by atoms with van der Waals surface area (Å²) in [6.45, 7) is 6.26. The predicted octanol–water partition coefficient (Wildman–Crippen LogP) is 4.73. The summed E-state index contributed by atoms with van der Waals surface area (Å²) in [6.07, 6.45) is 4.77. The van der Waals surface area contributed by atoms with Crippen LogP contribution >= 0.6 is 11.9 Å². The van der Waals surface area contributed by atoms with Crippen LogP contribution in [0.25, 0.3) is 0 Å². The molecule has 0 aliphatic carbocycles. The predicted molar refractivity (Wildman–Crippen MR) is 93.1 cm³/mol. The van der Waals surface area contributed by atoms with Crippen molar-refractivity contribution in [2.45, 2.75) is 40.0 Å². The van der Waals surface area contributed by atoms with Gasteiger partial charge in [-0.1, -0.05) is 24.6 Å². The third-order valence-corrected chi connectivity index (χ3v) is 3.77. The first-order chi connectivity index (χ1) is 10.5. The van der Waals surface area contributed by atoms with Gasteiger partial charge in [0, 0.05) is 12.1 Å². The Balaban J connectivity index is 2.14. The highest BCUT2D eigenvalue weighted by atomic mass is 32.2. The summed E-state index contributed by atoms with van der Waals surface area (Å²) in [7, 11) is 0. The number of anilines is 1. The zero-order valence-electron chi connectivity index (χ0n) is 13.5. The van der Waals surface area contributed by atoms with Crippen LogP contribution in [0.5, 0.6) is 0 Å². The lowest BCUT2D eigenvalue weighted by Gasteiger charge is -2.11. The molecule has 3 nitrogen and oxygen atoms in total. The first-order valence-corrected chi connectivity index (χ1v) is 8.49. The fraction of sp³-hybridized carbons (Fsp3) is 0.471. The summed E-state index contributed by atoms with van der Waals surface area (Å²) < 4.78 is 15.8. The van der Waals surface area contributed by atoms with Crippen molar-refractivity contribution in [2.75, 3.05) is 11.2 Å². The molecule has 1 aromatic carbocycles. The van der Waals surface area contributed by atoms with Crippen LogP contribution in [0.2, 0.25) is 0 Å². The number of hydrogen-bond donors (Lipinski definition) is 2. The van der Waals surface area contributed by atoms with Crippen molar-refractivity contribution < 1.29 is 9.18 Å². The van der Waals surface area contributed by atoms with Gasteiger partial charge in [0.05, 0.1) is 5.88 Å². The minimum atomic E-state index is -0.274. The molecule has 1 unspecified atom stereocenters. The maximum Gasteiger partial charge on any atom is 0.230 e. The van der Waals surface area contributed by atoms with Crippen molar-refractivity contribution in [2.24, 2.45) is 5.92 Å². The van der Waals surface area contributed by atoms with Crippen LogP contribution in [0.3, 0.4) is 0 Å². The van der Waals surface area contributed by atoms with Gasteiger partial charge in [-0.05, 0) is 62.8 Å². The van der Waals surface area contributed by atoms with E-state index in [0.717, 1.165) is 12.8 Å². The molecular weight excluding hydrogens is 299 g/mol. The van der Waals surface area contributed by atoms with E-state index in [1.165, 1.54) is 29.7 Å². The van der Waals surface area contributed by atoms with E-state index in [2.05, 4.69) is 36.9 Å². The monoisotopic (exact) mass is 324 g/mol. The molecular formula is C17H25FN2OS. The van der Waals surface area contributed by atoms with Gasteiger partial charge < -0.3 is 5.32 Å². The fourth-order valence-corrected chi connectivity index (χ4v) is 2.51. The smallest absolute Gasteiger partial charge is 0.230 e. The van der Waals surface area contributed by atoms with E-state index in [1.54, 1.807) is 12.1 Å². The zero-order chi connectivity index (χ0) is 16.4. The summed E-state index contributed by atoms with van der Waals surface area (Å²) in [5.74, 6) is 0.633. The lowest BCUT2D eigenvalue weighted by molar-refractivity contribution is -0.120. The lowest BCUT2D eigenvalue weighted by Crippen LogP contribution is -2.20. The number of amides is 1. The van der Waals surface area contributed by atoms with Crippen molar-refractivity contribution in [1.82, 2.24) is 4.72 Å². The van der Waals surface area contributed by atoms with Gasteiger partial charge >= 0.3 is 0 Å². The molecule has 0 aromatic heterocycles. The van der Waals surface area contributed by atoms with Crippen molar-refractivity contribution in [3.8, 4) is 0 Å². The molecule has 1 atom stereocenters.